The average Bonchev–Trinajstić information content (AvgIpc) is 2.55. The maximum atomic E-state index is 13.6. The Kier molecular flexibility index (Phi) is 5.57. The van der Waals surface area contributed by atoms with Crippen LogP contribution < -0.4 is 10.6 Å². The minimum Gasteiger partial charge on any atom is -0.350 e. The SMILES string of the molecule is CC(C)CNC(=O)c1cccc(C(=O)Nc2ccc(F)cc2F)n1. The van der Waals surface area contributed by atoms with Crippen molar-refractivity contribution < 1.29 is 18.4 Å². The van der Waals surface area contributed by atoms with Crippen LogP contribution in [-0.2, 0) is 0 Å². The van der Waals surface area contributed by atoms with Crippen molar-refractivity contribution in [2.45, 2.75) is 13.8 Å². The van der Waals surface area contributed by atoms with Crippen molar-refractivity contribution in [3.63, 3.8) is 0 Å². The Hall–Kier alpha value is -2.83. The van der Waals surface area contributed by atoms with E-state index in [0.717, 1.165) is 12.1 Å². The van der Waals surface area contributed by atoms with E-state index in [1.807, 2.05) is 13.8 Å². The predicted octanol–water partition coefficient (Wildman–Crippen LogP) is 3.00. The fourth-order valence-electron chi connectivity index (χ4n) is 1.85. The Balaban J connectivity index is 2.12. The molecule has 0 aliphatic rings. The molecule has 1 heterocycles. The zero-order valence-corrected chi connectivity index (χ0v) is 13.3. The van der Waals surface area contributed by atoms with E-state index < -0.39 is 23.4 Å². The number of hydrogen-bond acceptors (Lipinski definition) is 3. The summed E-state index contributed by atoms with van der Waals surface area (Å²) in [7, 11) is 0. The molecular weight excluding hydrogens is 316 g/mol. The van der Waals surface area contributed by atoms with Gasteiger partial charge in [0.05, 0.1) is 5.69 Å². The van der Waals surface area contributed by atoms with Crippen LogP contribution in [-0.4, -0.2) is 23.3 Å². The fraction of sp³-hybridized carbons (Fsp3) is 0.235. The monoisotopic (exact) mass is 333 g/mol. The van der Waals surface area contributed by atoms with Gasteiger partial charge in [-0.05, 0) is 30.2 Å². The summed E-state index contributed by atoms with van der Waals surface area (Å²) in [5.74, 6) is -2.45. The molecule has 2 N–H and O–H groups in total. The second-order valence-electron chi connectivity index (χ2n) is 5.59. The Morgan fingerprint density at radius 1 is 1.08 bits per heavy atom. The van der Waals surface area contributed by atoms with Crippen LogP contribution in [0.15, 0.2) is 36.4 Å². The van der Waals surface area contributed by atoms with Gasteiger partial charge in [0, 0.05) is 12.6 Å². The molecule has 2 rings (SSSR count). The molecule has 0 aliphatic carbocycles. The lowest BCUT2D eigenvalue weighted by atomic mass is 10.2. The lowest BCUT2D eigenvalue weighted by Crippen LogP contribution is -2.28. The summed E-state index contributed by atoms with van der Waals surface area (Å²) in [6.07, 6.45) is 0. The number of aromatic nitrogens is 1. The molecule has 2 amide bonds. The molecule has 0 saturated carbocycles. The summed E-state index contributed by atoms with van der Waals surface area (Å²) in [5.41, 5.74) is -0.128. The number of nitrogens with one attached hydrogen (secondary N) is 2. The summed E-state index contributed by atoms with van der Waals surface area (Å²) in [6, 6.07) is 7.19. The molecule has 0 bridgehead atoms. The third-order valence-electron chi connectivity index (χ3n) is 3.06. The first-order valence-corrected chi connectivity index (χ1v) is 7.38. The van der Waals surface area contributed by atoms with Gasteiger partial charge in [0.25, 0.3) is 11.8 Å². The molecule has 126 valence electrons. The maximum Gasteiger partial charge on any atom is 0.274 e. The smallest absolute Gasteiger partial charge is 0.274 e. The number of hydrogen-bond donors (Lipinski definition) is 2. The molecule has 0 aliphatic heterocycles. The van der Waals surface area contributed by atoms with Crippen molar-refractivity contribution >= 4 is 17.5 Å². The van der Waals surface area contributed by atoms with Crippen LogP contribution in [0.1, 0.15) is 34.8 Å². The van der Waals surface area contributed by atoms with Crippen molar-refractivity contribution in [2.24, 2.45) is 5.92 Å². The highest BCUT2D eigenvalue weighted by atomic mass is 19.1. The van der Waals surface area contributed by atoms with E-state index in [2.05, 4.69) is 15.6 Å². The van der Waals surface area contributed by atoms with Crippen molar-refractivity contribution in [1.29, 1.82) is 0 Å². The first kappa shape index (κ1) is 17.5. The number of benzene rings is 1. The second kappa shape index (κ2) is 7.63. The topological polar surface area (TPSA) is 71.1 Å². The lowest BCUT2D eigenvalue weighted by molar-refractivity contribution is 0.0944. The standard InChI is InChI=1S/C17H17F2N3O2/c1-10(2)9-20-16(23)14-4-3-5-15(21-14)17(24)22-13-7-6-11(18)8-12(13)19/h3-8,10H,9H2,1-2H3,(H,20,23)(H,22,24). The molecule has 0 fully saturated rings. The Bertz CT molecular complexity index is 763. The number of pyridine rings is 1. The number of halogens is 2. The lowest BCUT2D eigenvalue weighted by Gasteiger charge is -2.09. The van der Waals surface area contributed by atoms with Gasteiger partial charge in [0.2, 0.25) is 0 Å². The van der Waals surface area contributed by atoms with E-state index in [1.54, 1.807) is 0 Å². The van der Waals surface area contributed by atoms with Gasteiger partial charge in [-0.2, -0.15) is 0 Å². The number of carbonyl (C=O) groups is 2. The number of anilines is 1. The largest absolute Gasteiger partial charge is 0.350 e. The zero-order valence-electron chi connectivity index (χ0n) is 13.3. The third kappa shape index (κ3) is 4.58. The van der Waals surface area contributed by atoms with Crippen LogP contribution in [0.4, 0.5) is 14.5 Å². The highest BCUT2D eigenvalue weighted by Gasteiger charge is 2.14. The summed E-state index contributed by atoms with van der Waals surface area (Å²) < 4.78 is 26.4. The van der Waals surface area contributed by atoms with E-state index in [1.165, 1.54) is 18.2 Å². The Morgan fingerprint density at radius 2 is 1.75 bits per heavy atom. The Morgan fingerprint density at radius 3 is 2.38 bits per heavy atom. The third-order valence-corrected chi connectivity index (χ3v) is 3.06. The minimum absolute atomic E-state index is 0.0454. The number of carbonyl (C=O) groups excluding carboxylic acids is 2. The molecular formula is C17H17F2N3O2. The molecule has 0 unspecified atom stereocenters. The van der Waals surface area contributed by atoms with Crippen LogP contribution in [0.25, 0.3) is 0 Å². The molecule has 24 heavy (non-hydrogen) atoms. The van der Waals surface area contributed by atoms with Gasteiger partial charge in [0.1, 0.15) is 23.0 Å². The van der Waals surface area contributed by atoms with Gasteiger partial charge in [-0.25, -0.2) is 13.8 Å². The van der Waals surface area contributed by atoms with E-state index >= 15 is 0 Å². The van der Waals surface area contributed by atoms with Crippen LogP contribution >= 0.6 is 0 Å². The van der Waals surface area contributed by atoms with E-state index in [0.29, 0.717) is 12.6 Å². The summed E-state index contributed by atoms with van der Waals surface area (Å²) >= 11 is 0. The normalized spacial score (nSPS) is 10.5. The molecule has 1 aromatic carbocycles. The minimum atomic E-state index is -0.894. The molecule has 5 nitrogen and oxygen atoms in total. The van der Waals surface area contributed by atoms with E-state index in [-0.39, 0.29) is 23.0 Å². The van der Waals surface area contributed by atoms with Crippen LogP contribution in [0.3, 0.4) is 0 Å². The van der Waals surface area contributed by atoms with Crippen molar-refractivity contribution in [2.75, 3.05) is 11.9 Å². The zero-order chi connectivity index (χ0) is 17.7. The average molecular weight is 333 g/mol. The first-order chi connectivity index (χ1) is 11.4. The Labute approximate surface area is 138 Å². The second-order valence-corrected chi connectivity index (χ2v) is 5.59. The highest BCUT2D eigenvalue weighted by molar-refractivity contribution is 6.03. The van der Waals surface area contributed by atoms with Gasteiger partial charge in [-0.15, -0.1) is 0 Å². The van der Waals surface area contributed by atoms with Crippen molar-refractivity contribution in [3.05, 3.63) is 59.4 Å². The molecule has 1 aromatic heterocycles. The van der Waals surface area contributed by atoms with Crippen molar-refractivity contribution in [3.8, 4) is 0 Å². The first-order valence-electron chi connectivity index (χ1n) is 7.38. The fourth-order valence-corrected chi connectivity index (χ4v) is 1.85. The molecule has 0 radical (unpaired) electrons. The molecule has 7 heteroatoms. The highest BCUT2D eigenvalue weighted by Crippen LogP contribution is 2.15. The van der Waals surface area contributed by atoms with E-state index in [9.17, 15) is 18.4 Å². The van der Waals surface area contributed by atoms with Crippen molar-refractivity contribution in [1.82, 2.24) is 10.3 Å². The van der Waals surface area contributed by atoms with E-state index in [4.69, 9.17) is 0 Å². The maximum absolute atomic E-state index is 13.6. The van der Waals surface area contributed by atoms with Crippen LogP contribution in [0, 0.1) is 17.6 Å². The molecule has 0 atom stereocenters. The van der Waals surface area contributed by atoms with Gasteiger partial charge in [-0.3, -0.25) is 9.59 Å². The summed E-state index contributed by atoms with van der Waals surface area (Å²) in [4.78, 5) is 28.1. The summed E-state index contributed by atoms with van der Waals surface area (Å²) in [5, 5.41) is 4.99. The van der Waals surface area contributed by atoms with Gasteiger partial charge >= 0.3 is 0 Å². The molecule has 2 aromatic rings. The predicted molar refractivity (Wildman–Crippen MR) is 85.7 cm³/mol. The summed E-state index contributed by atoms with van der Waals surface area (Å²) in [6.45, 7) is 4.39. The molecule has 0 saturated heterocycles. The van der Waals surface area contributed by atoms with Gasteiger partial charge in [0.15, 0.2) is 0 Å². The number of amides is 2. The van der Waals surface area contributed by atoms with Crippen LogP contribution in [0.2, 0.25) is 0 Å². The quantitative estimate of drug-likeness (QED) is 0.883. The molecule has 0 spiro atoms. The van der Waals surface area contributed by atoms with Gasteiger partial charge < -0.3 is 10.6 Å². The van der Waals surface area contributed by atoms with Crippen LogP contribution in [0.5, 0.6) is 0 Å². The van der Waals surface area contributed by atoms with Gasteiger partial charge in [-0.1, -0.05) is 19.9 Å². The number of nitrogens with zero attached hydrogens (tertiary/aromatic N) is 1. The number of rotatable bonds is 5.